The number of hydrogen-bond acceptors (Lipinski definition) is 3. The molecular weight excluding hydrogens is 174 g/mol. The Labute approximate surface area is 87.1 Å². The van der Waals surface area contributed by atoms with Gasteiger partial charge in [0, 0.05) is 31.6 Å². The van der Waals surface area contributed by atoms with Crippen LogP contribution in [0.2, 0.25) is 0 Å². The molecule has 1 rings (SSSR count). The maximum absolute atomic E-state index is 8.41. The second-order valence-corrected chi connectivity index (χ2v) is 4.34. The highest BCUT2D eigenvalue weighted by Crippen LogP contribution is 2.06. The number of unbranched alkanes of at least 4 members (excludes halogenated alkanes) is 2. The Bertz CT molecular complexity index is 187. The molecule has 14 heavy (non-hydrogen) atoms. The van der Waals surface area contributed by atoms with Crippen molar-refractivity contribution < 1.29 is 0 Å². The highest BCUT2D eigenvalue weighted by Gasteiger charge is 2.19. The largest absolute Gasteiger partial charge is 0.309 e. The summed E-state index contributed by atoms with van der Waals surface area (Å²) in [5.74, 6) is 0. The first-order valence-electron chi connectivity index (χ1n) is 5.57. The molecule has 0 aliphatic carbocycles. The van der Waals surface area contributed by atoms with Crippen molar-refractivity contribution in [1.29, 1.82) is 5.26 Å². The fraction of sp³-hybridized carbons (Fsp3) is 0.909. The number of rotatable bonds is 4. The summed E-state index contributed by atoms with van der Waals surface area (Å²) in [5, 5.41) is 11.9. The molecule has 0 aromatic rings. The Kier molecular flexibility index (Phi) is 4.92. The van der Waals surface area contributed by atoms with Gasteiger partial charge >= 0.3 is 0 Å². The molecule has 0 saturated carbocycles. The van der Waals surface area contributed by atoms with Gasteiger partial charge in [-0.1, -0.05) is 0 Å². The van der Waals surface area contributed by atoms with Crippen molar-refractivity contribution in [2.24, 2.45) is 0 Å². The molecule has 1 N–H and O–H groups in total. The molecule has 0 spiro atoms. The molecule has 1 saturated heterocycles. The lowest BCUT2D eigenvalue weighted by molar-refractivity contribution is 0.171. The first-order valence-corrected chi connectivity index (χ1v) is 5.57. The molecule has 80 valence electrons. The van der Waals surface area contributed by atoms with Crippen molar-refractivity contribution in [3.05, 3.63) is 0 Å². The molecule has 0 aromatic heterocycles. The predicted molar refractivity (Wildman–Crippen MR) is 58.0 cm³/mol. The van der Waals surface area contributed by atoms with Crippen LogP contribution in [0.5, 0.6) is 0 Å². The molecule has 2 unspecified atom stereocenters. The van der Waals surface area contributed by atoms with Crippen molar-refractivity contribution in [3.8, 4) is 6.07 Å². The molecule has 1 aliphatic heterocycles. The van der Waals surface area contributed by atoms with E-state index in [2.05, 4.69) is 30.1 Å². The van der Waals surface area contributed by atoms with Crippen molar-refractivity contribution in [3.63, 3.8) is 0 Å². The molecule has 2 atom stereocenters. The second kappa shape index (κ2) is 6.00. The van der Waals surface area contributed by atoms with Gasteiger partial charge in [-0.25, -0.2) is 0 Å². The van der Waals surface area contributed by atoms with Crippen molar-refractivity contribution in [2.75, 3.05) is 19.6 Å². The third-order valence-corrected chi connectivity index (χ3v) is 2.65. The van der Waals surface area contributed by atoms with Gasteiger partial charge in [-0.2, -0.15) is 5.26 Å². The molecule has 3 nitrogen and oxygen atoms in total. The maximum Gasteiger partial charge on any atom is 0.0621 e. The first-order chi connectivity index (χ1) is 6.72. The van der Waals surface area contributed by atoms with E-state index in [0.29, 0.717) is 18.5 Å². The summed E-state index contributed by atoms with van der Waals surface area (Å²) in [6.07, 6.45) is 2.91. The number of nitrogens with zero attached hydrogens (tertiary/aromatic N) is 2. The SMILES string of the molecule is CC1CN(CCCCC#N)CC(C)N1. The fourth-order valence-corrected chi connectivity index (χ4v) is 2.16. The monoisotopic (exact) mass is 195 g/mol. The molecule has 3 heteroatoms. The molecular formula is C11H21N3. The van der Waals surface area contributed by atoms with Crippen molar-refractivity contribution in [2.45, 2.75) is 45.2 Å². The van der Waals surface area contributed by atoms with E-state index in [4.69, 9.17) is 5.26 Å². The van der Waals surface area contributed by atoms with E-state index >= 15 is 0 Å². The average Bonchev–Trinajstić information content (AvgIpc) is 2.11. The van der Waals surface area contributed by atoms with Crippen LogP contribution in [0.1, 0.15) is 33.1 Å². The highest BCUT2D eigenvalue weighted by molar-refractivity contribution is 4.80. The van der Waals surface area contributed by atoms with Gasteiger partial charge < -0.3 is 10.2 Å². The maximum atomic E-state index is 8.41. The molecule has 0 radical (unpaired) electrons. The van der Waals surface area contributed by atoms with E-state index in [1.807, 2.05) is 0 Å². The molecule has 0 bridgehead atoms. The Morgan fingerprint density at radius 2 is 1.93 bits per heavy atom. The summed E-state index contributed by atoms with van der Waals surface area (Å²) in [4.78, 5) is 2.50. The van der Waals surface area contributed by atoms with Gasteiger partial charge in [0.1, 0.15) is 0 Å². The van der Waals surface area contributed by atoms with Gasteiger partial charge in [-0.3, -0.25) is 0 Å². The van der Waals surface area contributed by atoms with Gasteiger partial charge in [0.05, 0.1) is 6.07 Å². The highest BCUT2D eigenvalue weighted by atomic mass is 15.2. The zero-order valence-corrected chi connectivity index (χ0v) is 9.29. The summed E-state index contributed by atoms with van der Waals surface area (Å²) in [6, 6.07) is 3.40. The van der Waals surface area contributed by atoms with Crippen LogP contribution in [0.25, 0.3) is 0 Å². The van der Waals surface area contributed by atoms with E-state index in [-0.39, 0.29) is 0 Å². The molecule has 0 amide bonds. The van der Waals surface area contributed by atoms with Crippen LogP contribution in [0, 0.1) is 11.3 Å². The Balaban J connectivity index is 2.14. The van der Waals surface area contributed by atoms with E-state index in [1.54, 1.807) is 0 Å². The number of hydrogen-bond donors (Lipinski definition) is 1. The van der Waals surface area contributed by atoms with Crippen LogP contribution in [0.15, 0.2) is 0 Å². The van der Waals surface area contributed by atoms with Crippen LogP contribution in [-0.4, -0.2) is 36.6 Å². The van der Waals surface area contributed by atoms with Gasteiger partial charge in [-0.05, 0) is 33.2 Å². The van der Waals surface area contributed by atoms with E-state index in [0.717, 1.165) is 32.5 Å². The lowest BCUT2D eigenvalue weighted by Gasteiger charge is -2.36. The summed E-state index contributed by atoms with van der Waals surface area (Å²) in [7, 11) is 0. The Morgan fingerprint density at radius 1 is 1.29 bits per heavy atom. The third-order valence-electron chi connectivity index (χ3n) is 2.65. The Morgan fingerprint density at radius 3 is 2.50 bits per heavy atom. The Hall–Kier alpha value is -0.590. The first kappa shape index (κ1) is 11.5. The average molecular weight is 195 g/mol. The zero-order chi connectivity index (χ0) is 10.4. The zero-order valence-electron chi connectivity index (χ0n) is 9.29. The summed E-state index contributed by atoms with van der Waals surface area (Å²) < 4.78 is 0. The summed E-state index contributed by atoms with van der Waals surface area (Å²) in [6.45, 7) is 7.92. The predicted octanol–water partition coefficient (Wildman–Crippen LogP) is 1.36. The normalized spacial score (nSPS) is 28.6. The minimum atomic E-state index is 0.606. The van der Waals surface area contributed by atoms with Crippen LogP contribution < -0.4 is 5.32 Å². The third kappa shape index (κ3) is 4.08. The van der Waals surface area contributed by atoms with Crippen LogP contribution in [0.3, 0.4) is 0 Å². The van der Waals surface area contributed by atoms with Crippen LogP contribution in [0.4, 0.5) is 0 Å². The second-order valence-electron chi connectivity index (χ2n) is 4.34. The standard InChI is InChI=1S/C11H21N3/c1-10-8-14(9-11(2)13-10)7-5-3-4-6-12/h10-11,13H,3-5,7-9H2,1-2H3. The summed E-state index contributed by atoms with van der Waals surface area (Å²) >= 11 is 0. The lowest BCUT2D eigenvalue weighted by atomic mass is 10.1. The smallest absolute Gasteiger partial charge is 0.0621 e. The van der Waals surface area contributed by atoms with Gasteiger partial charge in [0.2, 0.25) is 0 Å². The van der Waals surface area contributed by atoms with Gasteiger partial charge in [-0.15, -0.1) is 0 Å². The van der Waals surface area contributed by atoms with Crippen LogP contribution >= 0.6 is 0 Å². The van der Waals surface area contributed by atoms with E-state index in [1.165, 1.54) is 0 Å². The topological polar surface area (TPSA) is 39.1 Å². The summed E-state index contributed by atoms with van der Waals surface area (Å²) in [5.41, 5.74) is 0. The molecule has 0 aromatic carbocycles. The van der Waals surface area contributed by atoms with E-state index < -0.39 is 0 Å². The fourth-order valence-electron chi connectivity index (χ4n) is 2.16. The molecule has 1 fully saturated rings. The van der Waals surface area contributed by atoms with Crippen molar-refractivity contribution >= 4 is 0 Å². The molecule has 1 aliphatic rings. The number of nitrogens with one attached hydrogen (secondary N) is 1. The quantitative estimate of drug-likeness (QED) is 0.688. The van der Waals surface area contributed by atoms with Crippen LogP contribution in [-0.2, 0) is 0 Å². The lowest BCUT2D eigenvalue weighted by Crippen LogP contribution is -2.54. The molecule has 1 heterocycles. The minimum Gasteiger partial charge on any atom is -0.309 e. The number of piperazine rings is 1. The van der Waals surface area contributed by atoms with Gasteiger partial charge in [0.15, 0.2) is 0 Å². The van der Waals surface area contributed by atoms with E-state index in [9.17, 15) is 0 Å². The number of nitriles is 1. The van der Waals surface area contributed by atoms with Crippen molar-refractivity contribution in [1.82, 2.24) is 10.2 Å². The van der Waals surface area contributed by atoms with Gasteiger partial charge in [0.25, 0.3) is 0 Å². The minimum absolute atomic E-state index is 0.606.